The van der Waals surface area contributed by atoms with E-state index in [9.17, 15) is 4.79 Å². The summed E-state index contributed by atoms with van der Waals surface area (Å²) in [6, 6.07) is 0. The average Bonchev–Trinajstić information content (AvgIpc) is 2.70. The first-order valence-electron chi connectivity index (χ1n) is 7.53. The minimum atomic E-state index is -0.421. The van der Waals surface area contributed by atoms with E-state index in [0.29, 0.717) is 0 Å². The SMILES string of the molecule is CNCCCCC1(NC(=O)OC(C)(C)C)CCCC1. The number of carbonyl (C=O) groups excluding carboxylic acids is 1. The number of hydrogen-bond acceptors (Lipinski definition) is 3. The summed E-state index contributed by atoms with van der Waals surface area (Å²) in [7, 11) is 1.98. The van der Waals surface area contributed by atoms with Gasteiger partial charge in [-0.1, -0.05) is 12.8 Å². The van der Waals surface area contributed by atoms with Crippen LogP contribution in [-0.4, -0.2) is 30.8 Å². The lowest BCUT2D eigenvalue weighted by atomic mass is 9.91. The third-order valence-electron chi connectivity index (χ3n) is 3.66. The number of nitrogens with one attached hydrogen (secondary N) is 2. The zero-order valence-corrected chi connectivity index (χ0v) is 13.0. The molecule has 0 unspecified atom stereocenters. The van der Waals surface area contributed by atoms with Crippen LogP contribution in [0, 0.1) is 0 Å². The van der Waals surface area contributed by atoms with Crippen LogP contribution in [0.4, 0.5) is 4.79 Å². The summed E-state index contributed by atoms with van der Waals surface area (Å²) in [5.41, 5.74) is -0.438. The molecule has 0 radical (unpaired) electrons. The standard InChI is InChI=1S/C15H30N2O2/c1-14(2,3)19-13(18)17-15(9-5-6-10-15)11-7-8-12-16-4/h16H,5-12H2,1-4H3,(H,17,18). The highest BCUT2D eigenvalue weighted by atomic mass is 16.6. The molecule has 0 heterocycles. The number of carbonyl (C=O) groups is 1. The number of hydrogen-bond donors (Lipinski definition) is 2. The van der Waals surface area contributed by atoms with Gasteiger partial charge in [-0.05, 0) is 66.5 Å². The predicted molar refractivity (Wildman–Crippen MR) is 78.3 cm³/mol. The number of alkyl carbamates (subject to hydrolysis) is 1. The maximum atomic E-state index is 12.0. The Morgan fingerprint density at radius 3 is 2.37 bits per heavy atom. The van der Waals surface area contributed by atoms with Gasteiger partial charge < -0.3 is 15.4 Å². The monoisotopic (exact) mass is 270 g/mol. The van der Waals surface area contributed by atoms with E-state index in [-0.39, 0.29) is 11.6 Å². The maximum Gasteiger partial charge on any atom is 0.408 e. The molecular formula is C15H30N2O2. The number of rotatable bonds is 6. The number of unbranched alkanes of at least 4 members (excludes halogenated alkanes) is 1. The first-order chi connectivity index (χ1) is 8.87. The first kappa shape index (κ1) is 16.3. The number of ether oxygens (including phenoxy) is 1. The predicted octanol–water partition coefficient (Wildman–Crippen LogP) is 3.21. The third-order valence-corrected chi connectivity index (χ3v) is 3.66. The molecule has 0 aliphatic heterocycles. The molecule has 0 aromatic carbocycles. The molecule has 2 N–H and O–H groups in total. The van der Waals surface area contributed by atoms with Crippen molar-refractivity contribution in [3.8, 4) is 0 Å². The topological polar surface area (TPSA) is 50.4 Å². The van der Waals surface area contributed by atoms with Gasteiger partial charge >= 0.3 is 6.09 Å². The zero-order chi connectivity index (χ0) is 14.4. The largest absolute Gasteiger partial charge is 0.444 e. The Kier molecular flexibility index (Phi) is 6.11. The van der Waals surface area contributed by atoms with Crippen LogP contribution < -0.4 is 10.6 Å². The minimum absolute atomic E-state index is 0.0178. The van der Waals surface area contributed by atoms with Gasteiger partial charge in [0.2, 0.25) is 0 Å². The molecule has 0 saturated heterocycles. The van der Waals surface area contributed by atoms with Crippen LogP contribution in [0.2, 0.25) is 0 Å². The van der Waals surface area contributed by atoms with Crippen LogP contribution in [0.25, 0.3) is 0 Å². The van der Waals surface area contributed by atoms with Crippen LogP contribution in [0.15, 0.2) is 0 Å². The molecule has 1 aliphatic carbocycles. The fraction of sp³-hybridized carbons (Fsp3) is 0.933. The quantitative estimate of drug-likeness (QED) is 0.729. The van der Waals surface area contributed by atoms with Crippen LogP contribution >= 0.6 is 0 Å². The summed E-state index contributed by atoms with van der Waals surface area (Å²) in [5.74, 6) is 0. The third kappa shape index (κ3) is 6.28. The van der Waals surface area contributed by atoms with E-state index in [1.165, 1.54) is 12.8 Å². The van der Waals surface area contributed by atoms with Crippen molar-refractivity contribution >= 4 is 6.09 Å². The maximum absolute atomic E-state index is 12.0. The lowest BCUT2D eigenvalue weighted by Crippen LogP contribution is -2.48. The second-order valence-corrected chi connectivity index (χ2v) is 6.67. The van der Waals surface area contributed by atoms with E-state index in [1.54, 1.807) is 0 Å². The molecule has 0 aromatic heterocycles. The molecule has 1 aliphatic rings. The van der Waals surface area contributed by atoms with Gasteiger partial charge in [0.25, 0.3) is 0 Å². The Hall–Kier alpha value is -0.770. The van der Waals surface area contributed by atoms with Gasteiger partial charge in [-0.2, -0.15) is 0 Å². The highest BCUT2D eigenvalue weighted by molar-refractivity contribution is 5.68. The lowest BCUT2D eigenvalue weighted by Gasteiger charge is -2.32. The van der Waals surface area contributed by atoms with Gasteiger partial charge in [0.05, 0.1) is 0 Å². The van der Waals surface area contributed by atoms with Crippen molar-refractivity contribution in [3.63, 3.8) is 0 Å². The van der Waals surface area contributed by atoms with Crippen molar-refractivity contribution in [1.82, 2.24) is 10.6 Å². The molecule has 1 amide bonds. The van der Waals surface area contributed by atoms with Gasteiger partial charge in [0.15, 0.2) is 0 Å². The van der Waals surface area contributed by atoms with Crippen molar-refractivity contribution < 1.29 is 9.53 Å². The van der Waals surface area contributed by atoms with Gasteiger partial charge in [0, 0.05) is 5.54 Å². The van der Waals surface area contributed by atoms with Crippen molar-refractivity contribution in [3.05, 3.63) is 0 Å². The van der Waals surface area contributed by atoms with Crippen molar-refractivity contribution in [2.75, 3.05) is 13.6 Å². The van der Waals surface area contributed by atoms with Gasteiger partial charge in [-0.3, -0.25) is 0 Å². The van der Waals surface area contributed by atoms with Crippen LogP contribution in [0.3, 0.4) is 0 Å². The Balaban J connectivity index is 2.45. The summed E-state index contributed by atoms with van der Waals surface area (Å²) < 4.78 is 5.39. The van der Waals surface area contributed by atoms with E-state index < -0.39 is 5.60 Å². The Morgan fingerprint density at radius 2 is 1.84 bits per heavy atom. The Labute approximate surface area is 117 Å². The van der Waals surface area contributed by atoms with Crippen LogP contribution in [-0.2, 0) is 4.74 Å². The summed E-state index contributed by atoms with van der Waals surface area (Å²) in [5, 5.41) is 6.31. The van der Waals surface area contributed by atoms with Gasteiger partial charge in [-0.25, -0.2) is 4.79 Å². The number of amides is 1. The molecular weight excluding hydrogens is 240 g/mol. The van der Waals surface area contributed by atoms with E-state index in [1.807, 2.05) is 27.8 Å². The molecule has 0 spiro atoms. The Bertz CT molecular complexity index is 278. The van der Waals surface area contributed by atoms with Crippen molar-refractivity contribution in [2.45, 2.75) is 76.9 Å². The molecule has 1 rings (SSSR count). The molecule has 1 saturated carbocycles. The van der Waals surface area contributed by atoms with E-state index in [4.69, 9.17) is 4.74 Å². The van der Waals surface area contributed by atoms with E-state index in [2.05, 4.69) is 10.6 Å². The van der Waals surface area contributed by atoms with Crippen LogP contribution in [0.5, 0.6) is 0 Å². The summed E-state index contributed by atoms with van der Waals surface area (Å²) >= 11 is 0. The first-order valence-corrected chi connectivity index (χ1v) is 7.53. The molecule has 4 nitrogen and oxygen atoms in total. The van der Waals surface area contributed by atoms with Crippen LogP contribution in [0.1, 0.15) is 65.7 Å². The van der Waals surface area contributed by atoms with E-state index in [0.717, 1.165) is 38.6 Å². The fourth-order valence-electron chi connectivity index (χ4n) is 2.77. The molecule has 1 fully saturated rings. The molecule has 19 heavy (non-hydrogen) atoms. The normalized spacial score (nSPS) is 18.3. The van der Waals surface area contributed by atoms with Gasteiger partial charge in [0.1, 0.15) is 5.60 Å². The van der Waals surface area contributed by atoms with Crippen molar-refractivity contribution in [2.24, 2.45) is 0 Å². The molecule has 0 atom stereocenters. The fourth-order valence-corrected chi connectivity index (χ4v) is 2.77. The molecule has 0 bridgehead atoms. The van der Waals surface area contributed by atoms with Gasteiger partial charge in [-0.15, -0.1) is 0 Å². The summed E-state index contributed by atoms with van der Waals surface area (Å²) in [6.45, 7) is 6.75. The molecule has 112 valence electrons. The smallest absolute Gasteiger partial charge is 0.408 e. The zero-order valence-electron chi connectivity index (χ0n) is 13.0. The molecule has 0 aromatic rings. The van der Waals surface area contributed by atoms with Crippen molar-refractivity contribution in [1.29, 1.82) is 0 Å². The second kappa shape index (κ2) is 7.13. The highest BCUT2D eigenvalue weighted by Crippen LogP contribution is 2.34. The second-order valence-electron chi connectivity index (χ2n) is 6.67. The lowest BCUT2D eigenvalue weighted by molar-refractivity contribution is 0.0449. The molecule has 4 heteroatoms. The highest BCUT2D eigenvalue weighted by Gasteiger charge is 2.35. The summed E-state index contributed by atoms with van der Waals surface area (Å²) in [6.07, 6.45) is 7.71. The summed E-state index contributed by atoms with van der Waals surface area (Å²) in [4.78, 5) is 12.0. The Morgan fingerprint density at radius 1 is 1.21 bits per heavy atom. The average molecular weight is 270 g/mol. The minimum Gasteiger partial charge on any atom is -0.444 e. The van der Waals surface area contributed by atoms with E-state index >= 15 is 0 Å².